The van der Waals surface area contributed by atoms with Gasteiger partial charge < -0.3 is 14.5 Å². The van der Waals surface area contributed by atoms with Gasteiger partial charge in [-0.05, 0) is 27.7 Å². The molecule has 0 unspecified atom stereocenters. The highest BCUT2D eigenvalue weighted by atomic mass is 16.6. The normalized spacial score (nSPS) is 28.2. The number of carbonyl (C=O) groups is 1. The summed E-state index contributed by atoms with van der Waals surface area (Å²) in [6, 6.07) is 0.126. The highest BCUT2D eigenvalue weighted by Crippen LogP contribution is 2.25. The predicted molar refractivity (Wildman–Crippen MR) is 63.9 cm³/mol. The van der Waals surface area contributed by atoms with Gasteiger partial charge in [0.05, 0.1) is 11.6 Å². The third-order valence-corrected chi connectivity index (χ3v) is 3.01. The highest BCUT2D eigenvalue weighted by molar-refractivity contribution is 5.90. The van der Waals surface area contributed by atoms with Gasteiger partial charge in [-0.1, -0.05) is 5.16 Å². The van der Waals surface area contributed by atoms with E-state index in [1.54, 1.807) is 4.90 Å². The molecule has 2 heterocycles. The van der Waals surface area contributed by atoms with E-state index in [-0.39, 0.29) is 18.1 Å². The number of likely N-dealkylation sites (tertiary alicyclic amines) is 1. The Morgan fingerprint density at radius 1 is 1.53 bits per heavy atom. The van der Waals surface area contributed by atoms with Crippen LogP contribution in [0.2, 0.25) is 0 Å². The molecule has 1 saturated heterocycles. The number of ether oxygens (including phenoxy) is 1. The summed E-state index contributed by atoms with van der Waals surface area (Å²) in [7, 11) is 0. The Bertz CT molecular complexity index is 346. The summed E-state index contributed by atoms with van der Waals surface area (Å²) in [5, 5.41) is 4.01. The summed E-state index contributed by atoms with van der Waals surface area (Å²) in [5.74, 6) is 0.249. The molecular formula is C12H20N2O3. The molecule has 0 aliphatic carbocycles. The van der Waals surface area contributed by atoms with E-state index in [0.29, 0.717) is 13.2 Å². The van der Waals surface area contributed by atoms with Crippen LogP contribution in [0.25, 0.3) is 0 Å². The van der Waals surface area contributed by atoms with Crippen LogP contribution >= 0.6 is 0 Å². The van der Waals surface area contributed by atoms with Crippen molar-refractivity contribution in [3.8, 4) is 0 Å². The number of oxime groups is 1. The number of amides is 1. The van der Waals surface area contributed by atoms with E-state index >= 15 is 0 Å². The van der Waals surface area contributed by atoms with Gasteiger partial charge in [-0.3, -0.25) is 0 Å². The quantitative estimate of drug-likeness (QED) is 0.651. The Hall–Kier alpha value is -1.26. The molecule has 2 aliphatic rings. The molecule has 1 amide bonds. The summed E-state index contributed by atoms with van der Waals surface area (Å²) in [6.45, 7) is 8.89. The molecule has 2 rings (SSSR count). The molecule has 0 N–H and O–H groups in total. The van der Waals surface area contributed by atoms with Crippen molar-refractivity contribution in [2.45, 2.75) is 45.8 Å². The number of hydrogen-bond acceptors (Lipinski definition) is 4. The molecule has 0 aromatic heterocycles. The molecule has 96 valence electrons. The minimum atomic E-state index is -0.447. The number of rotatable bonds is 0. The lowest BCUT2D eigenvalue weighted by molar-refractivity contribution is 0.0128. The van der Waals surface area contributed by atoms with E-state index in [1.807, 2.05) is 27.7 Å². The Balaban J connectivity index is 2.01. The maximum atomic E-state index is 12.0. The first-order valence-corrected chi connectivity index (χ1v) is 6.05. The SMILES string of the molecule is C[C@H]1CC2=NOC[C@H]2CN1C(=O)OC(C)(C)C. The lowest BCUT2D eigenvalue weighted by Gasteiger charge is -2.36. The van der Waals surface area contributed by atoms with E-state index < -0.39 is 5.60 Å². The molecule has 0 radical (unpaired) electrons. The lowest BCUT2D eigenvalue weighted by atomic mass is 9.93. The number of fused-ring (bicyclic) bond motifs is 1. The smallest absolute Gasteiger partial charge is 0.410 e. The van der Waals surface area contributed by atoms with Crippen LogP contribution in [0.1, 0.15) is 34.1 Å². The van der Waals surface area contributed by atoms with Gasteiger partial charge in [-0.2, -0.15) is 0 Å². The van der Waals surface area contributed by atoms with Crippen LogP contribution in [0.3, 0.4) is 0 Å². The Morgan fingerprint density at radius 2 is 2.24 bits per heavy atom. The number of hydrogen-bond donors (Lipinski definition) is 0. The van der Waals surface area contributed by atoms with E-state index in [0.717, 1.165) is 12.1 Å². The van der Waals surface area contributed by atoms with Gasteiger partial charge in [-0.25, -0.2) is 4.79 Å². The molecule has 0 aromatic carbocycles. The van der Waals surface area contributed by atoms with Gasteiger partial charge in [-0.15, -0.1) is 0 Å². The largest absolute Gasteiger partial charge is 0.444 e. The number of carbonyl (C=O) groups excluding carboxylic acids is 1. The third kappa shape index (κ3) is 2.70. The molecule has 17 heavy (non-hydrogen) atoms. The average molecular weight is 240 g/mol. The Morgan fingerprint density at radius 3 is 2.88 bits per heavy atom. The molecule has 0 aromatic rings. The molecule has 2 atom stereocenters. The van der Waals surface area contributed by atoms with Gasteiger partial charge in [0.1, 0.15) is 12.2 Å². The zero-order valence-electron chi connectivity index (χ0n) is 10.9. The minimum Gasteiger partial charge on any atom is -0.444 e. The van der Waals surface area contributed by atoms with Crippen molar-refractivity contribution in [1.29, 1.82) is 0 Å². The van der Waals surface area contributed by atoms with Gasteiger partial charge in [0.25, 0.3) is 0 Å². The average Bonchev–Trinajstić information content (AvgIpc) is 2.60. The maximum absolute atomic E-state index is 12.0. The summed E-state index contributed by atoms with van der Waals surface area (Å²) in [5.41, 5.74) is 0.634. The fourth-order valence-electron chi connectivity index (χ4n) is 2.15. The molecule has 0 bridgehead atoms. The Labute approximate surface area is 102 Å². The number of nitrogens with zero attached hydrogens (tertiary/aromatic N) is 2. The molecule has 1 fully saturated rings. The summed E-state index contributed by atoms with van der Waals surface area (Å²) in [6.07, 6.45) is 0.542. The van der Waals surface area contributed by atoms with Crippen LogP contribution in [0.4, 0.5) is 4.79 Å². The van der Waals surface area contributed by atoms with Gasteiger partial charge in [0, 0.05) is 19.0 Å². The van der Waals surface area contributed by atoms with E-state index in [2.05, 4.69) is 5.16 Å². The first kappa shape index (κ1) is 12.2. The Kier molecular flexibility index (Phi) is 3.02. The predicted octanol–water partition coefficient (Wildman–Crippen LogP) is 2.02. The van der Waals surface area contributed by atoms with Crippen molar-refractivity contribution in [3.63, 3.8) is 0 Å². The van der Waals surface area contributed by atoms with Crippen LogP contribution in [0.5, 0.6) is 0 Å². The van der Waals surface area contributed by atoms with E-state index in [1.165, 1.54) is 0 Å². The summed E-state index contributed by atoms with van der Waals surface area (Å²) >= 11 is 0. The van der Waals surface area contributed by atoms with Gasteiger partial charge in [0.2, 0.25) is 0 Å². The highest BCUT2D eigenvalue weighted by Gasteiger charge is 2.38. The topological polar surface area (TPSA) is 51.1 Å². The van der Waals surface area contributed by atoms with Crippen LogP contribution in [-0.2, 0) is 9.57 Å². The van der Waals surface area contributed by atoms with Crippen molar-refractivity contribution in [2.24, 2.45) is 11.1 Å². The van der Waals surface area contributed by atoms with Crippen molar-refractivity contribution in [3.05, 3.63) is 0 Å². The van der Waals surface area contributed by atoms with Gasteiger partial charge >= 0.3 is 6.09 Å². The summed E-state index contributed by atoms with van der Waals surface area (Å²) in [4.78, 5) is 18.9. The van der Waals surface area contributed by atoms with Crippen molar-refractivity contribution < 1.29 is 14.4 Å². The minimum absolute atomic E-state index is 0.126. The second kappa shape index (κ2) is 4.20. The molecule has 0 saturated carbocycles. The zero-order chi connectivity index (χ0) is 12.6. The lowest BCUT2D eigenvalue weighted by Crippen LogP contribution is -2.50. The standard InChI is InChI=1S/C12H20N2O3/c1-8-5-10-9(7-16-13-10)6-14(8)11(15)17-12(2,3)4/h8-9H,5-7H2,1-4H3/t8-,9+/m0/s1. The number of piperidine rings is 1. The maximum Gasteiger partial charge on any atom is 0.410 e. The van der Waals surface area contributed by atoms with Crippen LogP contribution in [-0.4, -0.2) is 41.5 Å². The fourth-order valence-corrected chi connectivity index (χ4v) is 2.15. The molecule has 5 heteroatoms. The second-order valence-corrected chi connectivity index (χ2v) is 5.76. The van der Waals surface area contributed by atoms with Crippen molar-refractivity contribution in [1.82, 2.24) is 4.90 Å². The van der Waals surface area contributed by atoms with Crippen LogP contribution in [0.15, 0.2) is 5.16 Å². The zero-order valence-corrected chi connectivity index (χ0v) is 10.9. The van der Waals surface area contributed by atoms with E-state index in [9.17, 15) is 4.79 Å². The second-order valence-electron chi connectivity index (χ2n) is 5.76. The molecule has 5 nitrogen and oxygen atoms in total. The van der Waals surface area contributed by atoms with Crippen molar-refractivity contribution >= 4 is 11.8 Å². The molecule has 2 aliphatic heterocycles. The summed E-state index contributed by atoms with van der Waals surface area (Å²) < 4.78 is 5.40. The monoisotopic (exact) mass is 240 g/mol. The first-order valence-electron chi connectivity index (χ1n) is 6.05. The molecular weight excluding hydrogens is 220 g/mol. The van der Waals surface area contributed by atoms with Gasteiger partial charge in [0.15, 0.2) is 0 Å². The third-order valence-electron chi connectivity index (χ3n) is 3.01. The van der Waals surface area contributed by atoms with Crippen LogP contribution in [0, 0.1) is 5.92 Å². The van der Waals surface area contributed by atoms with E-state index in [4.69, 9.17) is 9.57 Å². The fraction of sp³-hybridized carbons (Fsp3) is 0.833. The molecule has 0 spiro atoms. The van der Waals surface area contributed by atoms with Crippen molar-refractivity contribution in [2.75, 3.05) is 13.2 Å². The first-order chi connectivity index (χ1) is 7.87. The van der Waals surface area contributed by atoms with Crippen LogP contribution < -0.4 is 0 Å².